The number of hydrogen-bond acceptors (Lipinski definition) is 5. The van der Waals surface area contributed by atoms with E-state index in [1.165, 1.54) is 0 Å². The smallest absolute Gasteiger partial charge is 0.231 e. The fourth-order valence-electron chi connectivity index (χ4n) is 3.37. The summed E-state index contributed by atoms with van der Waals surface area (Å²) in [4.78, 5) is 0.353. The van der Waals surface area contributed by atoms with Gasteiger partial charge in [-0.3, -0.25) is 0 Å². The predicted octanol–water partition coefficient (Wildman–Crippen LogP) is 1.93. The minimum Gasteiger partial charge on any atom is -0.454 e. The van der Waals surface area contributed by atoms with Gasteiger partial charge in [-0.05, 0) is 42.3 Å². The largest absolute Gasteiger partial charge is 0.454 e. The number of sulfone groups is 1. The first kappa shape index (κ1) is 14.5. The summed E-state index contributed by atoms with van der Waals surface area (Å²) in [5.41, 5.74) is 6.76. The molecule has 2 aromatic carbocycles. The Bertz CT molecular complexity index is 835. The Morgan fingerprint density at radius 1 is 1.04 bits per heavy atom. The third-order valence-electron chi connectivity index (χ3n) is 4.58. The minimum absolute atomic E-state index is 0.0689. The third kappa shape index (κ3) is 2.29. The lowest BCUT2D eigenvalue weighted by Gasteiger charge is -2.05. The number of fused-ring (bicyclic) bond motifs is 1. The van der Waals surface area contributed by atoms with E-state index in [2.05, 4.69) is 0 Å². The molecule has 0 bridgehead atoms. The Hall–Kier alpha value is -2.05. The first-order valence-electron chi connectivity index (χ1n) is 7.51. The van der Waals surface area contributed by atoms with Gasteiger partial charge in [0.05, 0.1) is 10.1 Å². The number of rotatable bonds is 4. The van der Waals surface area contributed by atoms with Crippen molar-refractivity contribution in [1.82, 2.24) is 0 Å². The van der Waals surface area contributed by atoms with Gasteiger partial charge in [0, 0.05) is 5.92 Å². The number of nitrogens with two attached hydrogens (primary N) is 1. The van der Waals surface area contributed by atoms with Crippen LogP contribution in [-0.2, 0) is 9.84 Å². The average molecular weight is 331 g/mol. The second-order valence-electron chi connectivity index (χ2n) is 5.86. The molecule has 2 N–H and O–H groups in total. The van der Waals surface area contributed by atoms with Gasteiger partial charge in [-0.2, -0.15) is 0 Å². The highest BCUT2D eigenvalue weighted by molar-refractivity contribution is 7.92. The molecule has 2 aromatic rings. The molecule has 1 aliphatic heterocycles. The van der Waals surface area contributed by atoms with Gasteiger partial charge in [-0.1, -0.05) is 24.3 Å². The lowest BCUT2D eigenvalue weighted by molar-refractivity contribution is 0.174. The molecule has 5 nitrogen and oxygen atoms in total. The van der Waals surface area contributed by atoms with Crippen LogP contribution >= 0.6 is 0 Å². The fraction of sp³-hybridized carbons (Fsp3) is 0.294. The predicted molar refractivity (Wildman–Crippen MR) is 85.3 cm³/mol. The van der Waals surface area contributed by atoms with Crippen LogP contribution in [0, 0.1) is 5.92 Å². The van der Waals surface area contributed by atoms with Gasteiger partial charge in [-0.25, -0.2) is 8.42 Å². The Morgan fingerprint density at radius 2 is 1.78 bits per heavy atom. The molecule has 0 spiro atoms. The van der Waals surface area contributed by atoms with E-state index < -0.39 is 15.1 Å². The van der Waals surface area contributed by atoms with Crippen molar-refractivity contribution in [3.05, 3.63) is 54.1 Å². The molecular weight excluding hydrogens is 314 g/mol. The summed E-state index contributed by atoms with van der Waals surface area (Å²) in [6.07, 6.45) is 0. The fourth-order valence-corrected chi connectivity index (χ4v) is 5.62. The molecule has 4 rings (SSSR count). The van der Waals surface area contributed by atoms with Gasteiger partial charge in [0.25, 0.3) is 0 Å². The van der Waals surface area contributed by atoms with Crippen molar-refractivity contribution in [2.24, 2.45) is 11.7 Å². The number of ether oxygens (including phenoxy) is 2. The van der Waals surface area contributed by atoms with Crippen LogP contribution in [0.1, 0.15) is 11.5 Å². The maximum atomic E-state index is 12.9. The van der Waals surface area contributed by atoms with Crippen LogP contribution in [0.15, 0.2) is 53.4 Å². The van der Waals surface area contributed by atoms with Crippen molar-refractivity contribution in [3.63, 3.8) is 0 Å². The van der Waals surface area contributed by atoms with Gasteiger partial charge >= 0.3 is 0 Å². The zero-order valence-corrected chi connectivity index (χ0v) is 13.2. The summed E-state index contributed by atoms with van der Waals surface area (Å²) < 4.78 is 36.4. The van der Waals surface area contributed by atoms with Crippen LogP contribution in [0.4, 0.5) is 0 Å². The van der Waals surface area contributed by atoms with Crippen LogP contribution in [0.2, 0.25) is 0 Å². The standard InChI is InChI=1S/C17H17NO4S/c18-9-13-16(11-6-7-14-15(8-11)22-10-21-14)17(13)23(19,20)12-4-2-1-3-5-12/h1-8,13,16-17H,9-10,18H2. The molecule has 2 aliphatic rings. The van der Waals surface area contributed by atoms with Crippen molar-refractivity contribution in [2.75, 3.05) is 13.3 Å². The topological polar surface area (TPSA) is 78.6 Å². The van der Waals surface area contributed by atoms with Crippen LogP contribution in [0.3, 0.4) is 0 Å². The van der Waals surface area contributed by atoms with E-state index in [4.69, 9.17) is 15.2 Å². The molecule has 1 aliphatic carbocycles. The molecule has 6 heteroatoms. The van der Waals surface area contributed by atoms with Crippen molar-refractivity contribution in [3.8, 4) is 11.5 Å². The average Bonchev–Trinajstić information content (AvgIpc) is 3.15. The van der Waals surface area contributed by atoms with Gasteiger partial charge < -0.3 is 15.2 Å². The van der Waals surface area contributed by atoms with Crippen molar-refractivity contribution >= 4 is 9.84 Å². The summed E-state index contributed by atoms with van der Waals surface area (Å²) in [6.45, 7) is 0.547. The molecule has 120 valence electrons. The normalized spacial score (nSPS) is 25.3. The first-order valence-corrected chi connectivity index (χ1v) is 9.06. The molecule has 3 unspecified atom stereocenters. The molecule has 0 aromatic heterocycles. The Balaban J connectivity index is 1.68. The van der Waals surface area contributed by atoms with E-state index in [1.807, 2.05) is 24.3 Å². The molecule has 23 heavy (non-hydrogen) atoms. The zero-order valence-electron chi connectivity index (χ0n) is 12.4. The SMILES string of the molecule is NCC1C(c2ccc3c(c2)OCO3)C1S(=O)(=O)c1ccccc1. The molecule has 1 fully saturated rings. The zero-order chi connectivity index (χ0) is 16.0. The number of hydrogen-bond donors (Lipinski definition) is 1. The highest BCUT2D eigenvalue weighted by Crippen LogP contribution is 2.54. The summed E-state index contributed by atoms with van der Waals surface area (Å²) >= 11 is 0. The van der Waals surface area contributed by atoms with E-state index >= 15 is 0 Å². The molecule has 0 saturated heterocycles. The summed E-state index contributed by atoms with van der Waals surface area (Å²) in [6, 6.07) is 14.2. The molecule has 0 radical (unpaired) electrons. The maximum absolute atomic E-state index is 12.9. The first-order chi connectivity index (χ1) is 11.1. The second-order valence-corrected chi connectivity index (χ2v) is 7.97. The third-order valence-corrected chi connectivity index (χ3v) is 6.87. The Kier molecular flexibility index (Phi) is 3.32. The summed E-state index contributed by atoms with van der Waals surface area (Å²) in [7, 11) is -3.39. The molecule has 1 saturated carbocycles. The van der Waals surface area contributed by atoms with E-state index in [0.29, 0.717) is 22.9 Å². The van der Waals surface area contributed by atoms with Crippen molar-refractivity contribution in [1.29, 1.82) is 0 Å². The van der Waals surface area contributed by atoms with Crippen LogP contribution < -0.4 is 15.2 Å². The van der Waals surface area contributed by atoms with Gasteiger partial charge in [-0.15, -0.1) is 0 Å². The van der Waals surface area contributed by atoms with Gasteiger partial charge in [0.2, 0.25) is 6.79 Å². The van der Waals surface area contributed by atoms with Gasteiger partial charge in [0.1, 0.15) is 0 Å². The van der Waals surface area contributed by atoms with Gasteiger partial charge in [0.15, 0.2) is 21.3 Å². The number of benzene rings is 2. The lowest BCUT2D eigenvalue weighted by atomic mass is 10.1. The second kappa shape index (κ2) is 5.25. The Labute approximate surface area is 134 Å². The van der Waals surface area contributed by atoms with Crippen LogP contribution in [0.5, 0.6) is 11.5 Å². The highest BCUT2D eigenvalue weighted by Gasteiger charge is 2.58. The quantitative estimate of drug-likeness (QED) is 0.926. The summed E-state index contributed by atoms with van der Waals surface area (Å²) in [5, 5.41) is -0.477. The minimum atomic E-state index is -3.39. The van der Waals surface area contributed by atoms with E-state index in [1.54, 1.807) is 24.3 Å². The van der Waals surface area contributed by atoms with Crippen molar-refractivity contribution < 1.29 is 17.9 Å². The molecule has 1 heterocycles. The van der Waals surface area contributed by atoms with Crippen molar-refractivity contribution in [2.45, 2.75) is 16.1 Å². The van der Waals surface area contributed by atoms with E-state index in [0.717, 1.165) is 5.56 Å². The monoisotopic (exact) mass is 331 g/mol. The Morgan fingerprint density at radius 3 is 2.52 bits per heavy atom. The van der Waals surface area contributed by atoms with E-state index in [-0.39, 0.29) is 18.6 Å². The maximum Gasteiger partial charge on any atom is 0.231 e. The van der Waals surface area contributed by atoms with E-state index in [9.17, 15) is 8.42 Å². The van der Waals surface area contributed by atoms with Crippen LogP contribution in [-0.4, -0.2) is 27.0 Å². The summed E-state index contributed by atoms with van der Waals surface area (Å²) in [5.74, 6) is 1.20. The molecule has 3 atom stereocenters. The lowest BCUT2D eigenvalue weighted by Crippen LogP contribution is -2.13. The molecular formula is C17H17NO4S. The molecule has 0 amide bonds. The van der Waals surface area contributed by atoms with Crippen LogP contribution in [0.25, 0.3) is 0 Å². The highest BCUT2D eigenvalue weighted by atomic mass is 32.2.